The van der Waals surface area contributed by atoms with Gasteiger partial charge in [-0.25, -0.2) is 9.97 Å². The van der Waals surface area contributed by atoms with Gasteiger partial charge in [-0.15, -0.1) is 0 Å². The van der Waals surface area contributed by atoms with Crippen molar-refractivity contribution in [3.63, 3.8) is 0 Å². The Balaban J connectivity index is 1.35. The molecule has 9 heteroatoms. The van der Waals surface area contributed by atoms with Crippen molar-refractivity contribution in [1.29, 1.82) is 0 Å². The van der Waals surface area contributed by atoms with Gasteiger partial charge >= 0.3 is 0 Å². The summed E-state index contributed by atoms with van der Waals surface area (Å²) in [5.41, 5.74) is 0.415. The molecule has 4 atom stereocenters. The summed E-state index contributed by atoms with van der Waals surface area (Å²) in [4.78, 5) is 18.0. The highest BCUT2D eigenvalue weighted by Crippen LogP contribution is 2.50. The Morgan fingerprint density at radius 2 is 2.03 bits per heavy atom. The Hall–Kier alpha value is -2.91. The number of methoxy groups -OCH3 is 1. The molecule has 3 aromatic rings. The maximum atomic E-state index is 10.2. The SMILES string of the molecule is COc1ccnc(N2C[C@H]3O[C@]4(C2)CN(c2nccc5occc25)C[C@@H]4[C@@H]3CO)n1. The number of ether oxygens (including phenoxy) is 2. The molecule has 1 N–H and O–H groups in total. The molecule has 3 aliphatic rings. The minimum Gasteiger partial charge on any atom is -0.481 e. The monoisotopic (exact) mass is 409 g/mol. The van der Waals surface area contributed by atoms with Gasteiger partial charge in [0.1, 0.15) is 17.0 Å². The molecular weight excluding hydrogens is 386 g/mol. The smallest absolute Gasteiger partial charge is 0.228 e. The summed E-state index contributed by atoms with van der Waals surface area (Å²) in [7, 11) is 1.60. The second-order valence-corrected chi connectivity index (χ2v) is 8.30. The maximum Gasteiger partial charge on any atom is 0.228 e. The lowest BCUT2D eigenvalue weighted by Crippen LogP contribution is -2.54. The van der Waals surface area contributed by atoms with Gasteiger partial charge in [-0.05, 0) is 12.1 Å². The van der Waals surface area contributed by atoms with E-state index in [-0.39, 0.29) is 24.5 Å². The van der Waals surface area contributed by atoms with Gasteiger partial charge in [0.15, 0.2) is 0 Å². The summed E-state index contributed by atoms with van der Waals surface area (Å²) in [6, 6.07) is 5.57. The van der Waals surface area contributed by atoms with Crippen molar-refractivity contribution >= 4 is 22.7 Å². The van der Waals surface area contributed by atoms with Crippen molar-refractivity contribution in [2.45, 2.75) is 11.7 Å². The van der Waals surface area contributed by atoms with Gasteiger partial charge in [0.05, 0.1) is 38.0 Å². The molecule has 3 aliphatic heterocycles. The van der Waals surface area contributed by atoms with Gasteiger partial charge in [0.25, 0.3) is 0 Å². The fourth-order valence-corrected chi connectivity index (χ4v) is 5.48. The molecule has 2 bridgehead atoms. The number of hydrogen-bond acceptors (Lipinski definition) is 9. The molecule has 0 saturated carbocycles. The summed E-state index contributed by atoms with van der Waals surface area (Å²) in [6.45, 7) is 2.90. The lowest BCUT2D eigenvalue weighted by atomic mass is 9.83. The first-order valence-electron chi connectivity index (χ1n) is 10.2. The number of furan rings is 1. The van der Waals surface area contributed by atoms with Crippen molar-refractivity contribution in [3.8, 4) is 5.88 Å². The van der Waals surface area contributed by atoms with Crippen molar-refractivity contribution < 1.29 is 19.0 Å². The molecule has 9 nitrogen and oxygen atoms in total. The van der Waals surface area contributed by atoms with Crippen LogP contribution >= 0.6 is 0 Å². The van der Waals surface area contributed by atoms with Crippen LogP contribution in [0.2, 0.25) is 0 Å². The fourth-order valence-electron chi connectivity index (χ4n) is 5.48. The van der Waals surface area contributed by atoms with Crippen LogP contribution in [0, 0.1) is 11.8 Å². The lowest BCUT2D eigenvalue weighted by molar-refractivity contribution is -0.0553. The van der Waals surface area contributed by atoms with Crippen LogP contribution in [0.3, 0.4) is 0 Å². The number of aliphatic hydroxyl groups is 1. The van der Waals surface area contributed by atoms with Crippen LogP contribution in [0.4, 0.5) is 11.8 Å². The molecule has 0 aromatic carbocycles. The van der Waals surface area contributed by atoms with Crippen molar-refractivity contribution in [2.24, 2.45) is 11.8 Å². The third kappa shape index (κ3) is 2.51. The molecule has 156 valence electrons. The van der Waals surface area contributed by atoms with E-state index in [1.807, 2.05) is 12.1 Å². The number of morpholine rings is 1. The quantitative estimate of drug-likeness (QED) is 0.684. The van der Waals surface area contributed by atoms with Crippen LogP contribution < -0.4 is 14.5 Å². The zero-order valence-corrected chi connectivity index (χ0v) is 16.6. The Bertz CT molecular complexity index is 1090. The Morgan fingerprint density at radius 3 is 2.90 bits per heavy atom. The summed E-state index contributed by atoms with van der Waals surface area (Å²) in [5.74, 6) is 2.33. The second-order valence-electron chi connectivity index (χ2n) is 8.30. The zero-order chi connectivity index (χ0) is 20.3. The van der Waals surface area contributed by atoms with Gasteiger partial charge in [-0.3, -0.25) is 0 Å². The maximum absolute atomic E-state index is 10.2. The van der Waals surface area contributed by atoms with Crippen LogP contribution in [0.25, 0.3) is 11.0 Å². The molecule has 0 radical (unpaired) electrons. The largest absolute Gasteiger partial charge is 0.481 e. The molecule has 0 amide bonds. The first-order chi connectivity index (χ1) is 14.7. The minimum absolute atomic E-state index is 0.0524. The first-order valence-corrected chi connectivity index (χ1v) is 10.2. The highest BCUT2D eigenvalue weighted by atomic mass is 16.5. The number of pyridine rings is 1. The van der Waals surface area contributed by atoms with Crippen molar-refractivity contribution in [2.75, 3.05) is 49.7 Å². The lowest BCUT2D eigenvalue weighted by Gasteiger charge is -2.40. The average molecular weight is 409 g/mol. The van der Waals surface area contributed by atoms with E-state index in [9.17, 15) is 5.11 Å². The first kappa shape index (κ1) is 17.9. The normalized spacial score (nSPS) is 30.1. The summed E-state index contributed by atoms with van der Waals surface area (Å²) >= 11 is 0. The molecule has 1 spiro atoms. The van der Waals surface area contributed by atoms with E-state index in [1.54, 1.807) is 31.8 Å². The van der Waals surface area contributed by atoms with Gasteiger partial charge in [0.2, 0.25) is 11.8 Å². The van der Waals surface area contributed by atoms with E-state index in [0.717, 1.165) is 23.3 Å². The highest BCUT2D eigenvalue weighted by Gasteiger charge is 2.63. The van der Waals surface area contributed by atoms with E-state index in [0.29, 0.717) is 31.5 Å². The van der Waals surface area contributed by atoms with Crippen LogP contribution in [-0.2, 0) is 4.74 Å². The van der Waals surface area contributed by atoms with E-state index >= 15 is 0 Å². The predicted octanol–water partition coefficient (Wildman–Crippen LogP) is 1.33. The van der Waals surface area contributed by atoms with Crippen LogP contribution in [0.1, 0.15) is 0 Å². The van der Waals surface area contributed by atoms with Crippen LogP contribution in [0.5, 0.6) is 5.88 Å². The van der Waals surface area contributed by atoms with Gasteiger partial charge < -0.3 is 28.8 Å². The topological polar surface area (TPSA) is 97.0 Å². The molecule has 6 rings (SSSR count). The molecule has 6 heterocycles. The van der Waals surface area contributed by atoms with Gasteiger partial charge in [0, 0.05) is 50.0 Å². The van der Waals surface area contributed by atoms with Crippen LogP contribution in [-0.4, -0.2) is 71.7 Å². The van der Waals surface area contributed by atoms with Gasteiger partial charge in [-0.2, -0.15) is 4.98 Å². The van der Waals surface area contributed by atoms with E-state index in [4.69, 9.17) is 13.9 Å². The Labute approximate surface area is 173 Å². The number of anilines is 2. The summed E-state index contributed by atoms with van der Waals surface area (Å²) in [6.07, 6.45) is 5.12. The van der Waals surface area contributed by atoms with Gasteiger partial charge in [-0.1, -0.05) is 0 Å². The zero-order valence-electron chi connectivity index (χ0n) is 16.6. The molecular formula is C21H23N5O4. The number of hydrogen-bond donors (Lipinski definition) is 1. The third-order valence-electron chi connectivity index (χ3n) is 6.77. The van der Waals surface area contributed by atoms with E-state index in [2.05, 4.69) is 24.8 Å². The number of rotatable bonds is 4. The molecule has 3 aromatic heterocycles. The standard InChI is InChI=1S/C21H23N5O4/c1-28-18-3-6-23-20(24-18)26-9-17-14(10-27)15-8-25(11-21(15,12-26)30-17)19-13-4-7-29-16(13)2-5-22-19/h2-7,14-15,17,27H,8-12H2,1H3/t14-,15+,17+,21-/m0/s1. The van der Waals surface area contributed by atoms with E-state index < -0.39 is 5.60 Å². The minimum atomic E-state index is -0.406. The predicted molar refractivity (Wildman–Crippen MR) is 109 cm³/mol. The average Bonchev–Trinajstić information content (AvgIpc) is 3.44. The molecule has 3 saturated heterocycles. The Morgan fingerprint density at radius 1 is 1.17 bits per heavy atom. The molecule has 30 heavy (non-hydrogen) atoms. The molecule has 0 aliphatic carbocycles. The van der Waals surface area contributed by atoms with E-state index in [1.165, 1.54) is 0 Å². The number of nitrogens with zero attached hydrogens (tertiary/aromatic N) is 5. The fraction of sp³-hybridized carbons (Fsp3) is 0.476. The number of aromatic nitrogens is 3. The van der Waals surface area contributed by atoms with Crippen LogP contribution in [0.15, 0.2) is 41.3 Å². The number of aliphatic hydroxyl groups excluding tert-OH is 1. The molecule has 0 unspecified atom stereocenters. The summed E-state index contributed by atoms with van der Waals surface area (Å²) in [5, 5.41) is 11.2. The summed E-state index contributed by atoms with van der Waals surface area (Å²) < 4.78 is 17.4. The van der Waals surface area contributed by atoms with Crippen molar-refractivity contribution in [3.05, 3.63) is 36.9 Å². The van der Waals surface area contributed by atoms with Crippen molar-refractivity contribution in [1.82, 2.24) is 15.0 Å². The highest BCUT2D eigenvalue weighted by molar-refractivity contribution is 5.88. The third-order valence-corrected chi connectivity index (χ3v) is 6.77. The Kier molecular flexibility index (Phi) is 3.91. The molecule has 3 fully saturated rings. The number of fused-ring (bicyclic) bond motifs is 2. The second kappa shape index (κ2) is 6.55.